The molecule has 0 saturated heterocycles. The number of ether oxygens (including phenoxy) is 2. The predicted molar refractivity (Wildman–Crippen MR) is 168 cm³/mol. The maximum absolute atomic E-state index is 11.8. The van der Waals surface area contributed by atoms with Crippen LogP contribution in [0.3, 0.4) is 0 Å². The van der Waals surface area contributed by atoms with Crippen LogP contribution in [-0.2, 0) is 32.6 Å². The van der Waals surface area contributed by atoms with Crippen molar-refractivity contribution in [3.05, 3.63) is 58.7 Å². The Hall–Kier alpha value is -2.32. The van der Waals surface area contributed by atoms with Crippen molar-refractivity contribution in [1.82, 2.24) is 10.6 Å². The second-order valence-electron chi connectivity index (χ2n) is 10.3. The van der Waals surface area contributed by atoms with Gasteiger partial charge in [0, 0.05) is 48.9 Å². The Labute approximate surface area is 249 Å². The fourth-order valence-electron chi connectivity index (χ4n) is 4.39. The molecule has 0 spiro atoms. The first kappa shape index (κ1) is 32.2. The molecule has 0 radical (unpaired) electrons. The second-order valence-corrected chi connectivity index (χ2v) is 12.2. The van der Waals surface area contributed by atoms with Gasteiger partial charge in [0.1, 0.15) is 11.5 Å². The first-order valence-corrected chi connectivity index (χ1v) is 17.1. The fraction of sp³-hybridized carbons (Fsp3) is 0.562. The van der Waals surface area contributed by atoms with E-state index in [1.165, 1.54) is 22.3 Å². The Morgan fingerprint density at radius 2 is 1.00 bits per heavy atom. The minimum Gasteiger partial charge on any atom is -0.494 e. The molecule has 0 unspecified atom stereocenters. The standard InChI is InChI=1S/C32H46N2O4S2/c1-3-11-33-31(35)9-5-7-13-37-29-17-25-15-26(18-29)22-40-24-28-16-27(23-39-21-25)19-30(20-28)38-14-8-6-10-32(36)34-12-4-2/h15-20H,3-14,21-24H2,1-2H3,(H,33,35)(H,34,36). The fourth-order valence-corrected chi connectivity index (χ4v) is 6.21. The van der Waals surface area contributed by atoms with Crippen LogP contribution in [0.15, 0.2) is 36.4 Å². The summed E-state index contributed by atoms with van der Waals surface area (Å²) < 4.78 is 12.2. The highest BCUT2D eigenvalue weighted by Gasteiger charge is 2.09. The normalized spacial score (nSPS) is 13.1. The highest BCUT2D eigenvalue weighted by molar-refractivity contribution is 7.98. The minimum absolute atomic E-state index is 0.133. The van der Waals surface area contributed by atoms with Crippen molar-refractivity contribution in [3.63, 3.8) is 0 Å². The summed E-state index contributed by atoms with van der Waals surface area (Å²) in [7, 11) is 0. The van der Waals surface area contributed by atoms with Gasteiger partial charge >= 0.3 is 0 Å². The van der Waals surface area contributed by atoms with E-state index < -0.39 is 0 Å². The molecule has 1 aliphatic rings. The third-order valence-electron chi connectivity index (χ3n) is 6.41. The van der Waals surface area contributed by atoms with Crippen molar-refractivity contribution in [2.75, 3.05) is 26.3 Å². The van der Waals surface area contributed by atoms with Gasteiger partial charge in [0.2, 0.25) is 11.8 Å². The quantitative estimate of drug-likeness (QED) is 0.206. The Bertz CT molecular complexity index is 935. The van der Waals surface area contributed by atoms with Crippen LogP contribution in [0.25, 0.3) is 0 Å². The molecule has 0 aromatic heterocycles. The van der Waals surface area contributed by atoms with Crippen molar-refractivity contribution >= 4 is 35.3 Å². The van der Waals surface area contributed by atoms with Gasteiger partial charge in [-0.05, 0) is 85.0 Å². The second kappa shape index (κ2) is 18.9. The number of rotatable bonds is 16. The molecule has 220 valence electrons. The molecule has 40 heavy (non-hydrogen) atoms. The van der Waals surface area contributed by atoms with Gasteiger partial charge in [0.05, 0.1) is 13.2 Å². The van der Waals surface area contributed by atoms with Crippen LogP contribution in [-0.4, -0.2) is 38.1 Å². The number of nitrogens with one attached hydrogen (secondary N) is 2. The average molecular weight is 587 g/mol. The van der Waals surface area contributed by atoms with Crippen LogP contribution < -0.4 is 20.1 Å². The average Bonchev–Trinajstić information content (AvgIpc) is 2.94. The molecule has 2 aromatic carbocycles. The number of amides is 2. The van der Waals surface area contributed by atoms with Crippen LogP contribution in [0.1, 0.15) is 87.5 Å². The zero-order chi connectivity index (χ0) is 28.4. The van der Waals surface area contributed by atoms with Gasteiger partial charge in [-0.2, -0.15) is 23.5 Å². The third kappa shape index (κ3) is 12.9. The lowest BCUT2D eigenvalue weighted by molar-refractivity contribution is -0.122. The molecule has 2 N–H and O–H groups in total. The largest absolute Gasteiger partial charge is 0.494 e. The molecular weight excluding hydrogens is 540 g/mol. The van der Waals surface area contributed by atoms with Gasteiger partial charge in [-0.3, -0.25) is 9.59 Å². The van der Waals surface area contributed by atoms with Gasteiger partial charge in [0.25, 0.3) is 0 Å². The van der Waals surface area contributed by atoms with Gasteiger partial charge in [-0.15, -0.1) is 0 Å². The number of hydrogen-bond donors (Lipinski definition) is 2. The summed E-state index contributed by atoms with van der Waals surface area (Å²) >= 11 is 3.81. The lowest BCUT2D eigenvalue weighted by Crippen LogP contribution is -2.23. The molecule has 6 nitrogen and oxygen atoms in total. The van der Waals surface area contributed by atoms with Crippen LogP contribution >= 0.6 is 23.5 Å². The number of benzene rings is 2. The number of hydrogen-bond acceptors (Lipinski definition) is 6. The van der Waals surface area contributed by atoms with Crippen molar-refractivity contribution in [2.24, 2.45) is 0 Å². The third-order valence-corrected chi connectivity index (χ3v) is 8.56. The summed E-state index contributed by atoms with van der Waals surface area (Å²) in [4.78, 5) is 23.6. The number of fused-ring (bicyclic) bond motifs is 4. The molecule has 8 heteroatoms. The maximum Gasteiger partial charge on any atom is 0.219 e. The summed E-state index contributed by atoms with van der Waals surface area (Å²) in [6, 6.07) is 13.3. The minimum atomic E-state index is 0.133. The van der Waals surface area contributed by atoms with Crippen molar-refractivity contribution in [2.45, 2.75) is 88.2 Å². The van der Waals surface area contributed by atoms with Crippen molar-refractivity contribution in [1.29, 1.82) is 0 Å². The number of carbonyl (C=O) groups is 2. The zero-order valence-electron chi connectivity index (χ0n) is 24.2. The van der Waals surface area contributed by atoms with Gasteiger partial charge in [-0.1, -0.05) is 26.0 Å². The zero-order valence-corrected chi connectivity index (χ0v) is 25.9. The molecule has 0 fully saturated rings. The predicted octanol–water partition coefficient (Wildman–Crippen LogP) is 7.02. The Kier molecular flexibility index (Phi) is 15.2. The van der Waals surface area contributed by atoms with Crippen LogP contribution in [0.5, 0.6) is 11.5 Å². The van der Waals surface area contributed by atoms with Gasteiger partial charge in [0.15, 0.2) is 0 Å². The van der Waals surface area contributed by atoms with E-state index in [9.17, 15) is 9.59 Å². The summed E-state index contributed by atoms with van der Waals surface area (Å²) in [6.45, 7) is 6.88. The highest BCUT2D eigenvalue weighted by Crippen LogP contribution is 2.30. The molecule has 3 rings (SSSR count). The molecule has 0 saturated carbocycles. The molecule has 1 heterocycles. The first-order valence-electron chi connectivity index (χ1n) is 14.8. The van der Waals surface area contributed by atoms with Crippen LogP contribution in [0.2, 0.25) is 0 Å². The van der Waals surface area contributed by atoms with E-state index in [1.807, 2.05) is 23.5 Å². The van der Waals surface area contributed by atoms with E-state index in [-0.39, 0.29) is 11.8 Å². The molecule has 0 aliphatic carbocycles. The Morgan fingerprint density at radius 1 is 0.625 bits per heavy atom. The van der Waals surface area contributed by atoms with Gasteiger partial charge < -0.3 is 20.1 Å². The van der Waals surface area contributed by atoms with E-state index in [1.54, 1.807) is 0 Å². The van der Waals surface area contributed by atoms with E-state index in [2.05, 4.69) is 60.9 Å². The number of unbranched alkanes of at least 4 members (excludes halogenated alkanes) is 2. The monoisotopic (exact) mass is 586 g/mol. The maximum atomic E-state index is 11.8. The molecular formula is C32H46N2O4S2. The van der Waals surface area contributed by atoms with E-state index in [4.69, 9.17) is 9.47 Å². The molecule has 2 aromatic rings. The summed E-state index contributed by atoms with van der Waals surface area (Å²) in [5.74, 6) is 5.82. The van der Waals surface area contributed by atoms with Crippen molar-refractivity contribution < 1.29 is 19.1 Å². The lowest BCUT2D eigenvalue weighted by Gasteiger charge is -2.15. The molecule has 2 amide bonds. The summed E-state index contributed by atoms with van der Waals surface area (Å²) in [5.41, 5.74) is 5.14. The molecule has 4 bridgehead atoms. The Morgan fingerprint density at radius 3 is 1.35 bits per heavy atom. The number of carbonyl (C=O) groups excluding carboxylic acids is 2. The van der Waals surface area contributed by atoms with Gasteiger partial charge in [-0.25, -0.2) is 0 Å². The topological polar surface area (TPSA) is 76.7 Å². The molecule has 1 aliphatic heterocycles. The highest BCUT2D eigenvalue weighted by atomic mass is 32.2. The Balaban J connectivity index is 1.47. The SMILES string of the molecule is CCCNC(=O)CCCCOc1cc2cc(c1)CSCc1cc(cc(OCCCCC(=O)NCCC)c1)CSC2. The summed E-state index contributed by atoms with van der Waals surface area (Å²) in [6.07, 6.45) is 6.48. The number of thioether (sulfide) groups is 2. The van der Waals surface area contributed by atoms with E-state index >= 15 is 0 Å². The molecule has 0 atom stereocenters. The lowest BCUT2D eigenvalue weighted by atomic mass is 10.1. The smallest absolute Gasteiger partial charge is 0.219 e. The van der Waals surface area contributed by atoms with E-state index in [0.29, 0.717) is 26.1 Å². The first-order chi connectivity index (χ1) is 19.6. The van der Waals surface area contributed by atoms with Crippen LogP contribution in [0, 0.1) is 0 Å². The van der Waals surface area contributed by atoms with Crippen molar-refractivity contribution in [3.8, 4) is 11.5 Å². The summed E-state index contributed by atoms with van der Waals surface area (Å²) in [5, 5.41) is 5.86. The van der Waals surface area contributed by atoms with E-state index in [0.717, 1.165) is 86.1 Å². The van der Waals surface area contributed by atoms with Crippen LogP contribution in [0.4, 0.5) is 0 Å².